The molecular formula is C3H5I2NO. The number of alkyl halides is 2. The van der Waals surface area contributed by atoms with E-state index in [1.165, 1.54) is 0 Å². The Labute approximate surface area is 69.5 Å². The molecule has 0 aromatic heterocycles. The van der Waals surface area contributed by atoms with Crippen LogP contribution in [0.15, 0.2) is 0 Å². The summed E-state index contributed by atoms with van der Waals surface area (Å²) in [6, 6.07) is 0. The van der Waals surface area contributed by atoms with E-state index in [1.54, 1.807) is 0 Å². The number of rotatable bonds is 2. The second-order valence-corrected chi connectivity index (χ2v) is 3.41. The van der Waals surface area contributed by atoms with Gasteiger partial charge in [0.2, 0.25) is 5.91 Å². The average molecular weight is 325 g/mol. The molecule has 2 N–H and O–H groups in total. The van der Waals surface area contributed by atoms with Gasteiger partial charge in [0.25, 0.3) is 0 Å². The van der Waals surface area contributed by atoms with Gasteiger partial charge >= 0.3 is 0 Å². The number of carbonyl (C=O) groups is 1. The van der Waals surface area contributed by atoms with Gasteiger partial charge in [0, 0.05) is 4.43 Å². The monoisotopic (exact) mass is 325 g/mol. The maximum Gasteiger partial charge on any atom is 0.231 e. The molecule has 0 aromatic rings. The zero-order valence-corrected chi connectivity index (χ0v) is 7.84. The van der Waals surface area contributed by atoms with Crippen molar-refractivity contribution in [3.05, 3.63) is 0 Å². The third-order valence-corrected chi connectivity index (χ3v) is 4.06. The van der Waals surface area contributed by atoms with Gasteiger partial charge in [-0.15, -0.1) is 0 Å². The Morgan fingerprint density at radius 3 is 2.29 bits per heavy atom. The summed E-state index contributed by atoms with van der Waals surface area (Å²) in [6.07, 6.45) is 0. The molecule has 0 fully saturated rings. The number of carbonyl (C=O) groups excluding carboxylic acids is 1. The van der Waals surface area contributed by atoms with E-state index in [4.69, 9.17) is 5.73 Å². The van der Waals surface area contributed by atoms with Gasteiger partial charge < -0.3 is 5.73 Å². The molecule has 0 heterocycles. The van der Waals surface area contributed by atoms with Crippen molar-refractivity contribution in [2.24, 2.45) is 5.73 Å². The summed E-state index contributed by atoms with van der Waals surface area (Å²) in [5, 5.41) is 0. The maximum absolute atomic E-state index is 10.1. The number of nitrogens with two attached hydrogens (primary N) is 1. The van der Waals surface area contributed by atoms with Crippen molar-refractivity contribution in [3.8, 4) is 0 Å². The summed E-state index contributed by atoms with van der Waals surface area (Å²) < 4.78 is 0.798. The Balaban J connectivity index is 3.34. The Morgan fingerprint density at radius 2 is 2.29 bits per heavy atom. The van der Waals surface area contributed by atoms with Gasteiger partial charge in [0.15, 0.2) is 0 Å². The Kier molecular flexibility index (Phi) is 4.39. The van der Waals surface area contributed by atoms with E-state index in [0.717, 1.165) is 4.43 Å². The van der Waals surface area contributed by atoms with Crippen molar-refractivity contribution >= 4 is 51.1 Å². The number of hydrogen-bond donors (Lipinski definition) is 1. The van der Waals surface area contributed by atoms with Crippen molar-refractivity contribution in [2.75, 3.05) is 4.43 Å². The maximum atomic E-state index is 10.1. The number of amides is 1. The molecule has 0 unspecified atom stereocenters. The van der Waals surface area contributed by atoms with E-state index in [9.17, 15) is 4.79 Å². The second-order valence-electron chi connectivity index (χ2n) is 1.02. The average Bonchev–Trinajstić information content (AvgIpc) is 1.65. The minimum absolute atomic E-state index is 0.00167. The molecule has 0 bridgehead atoms. The van der Waals surface area contributed by atoms with Crippen molar-refractivity contribution in [3.63, 3.8) is 0 Å². The van der Waals surface area contributed by atoms with Crippen LogP contribution in [-0.2, 0) is 4.79 Å². The van der Waals surface area contributed by atoms with Crippen LogP contribution in [0.5, 0.6) is 0 Å². The zero-order chi connectivity index (χ0) is 5.86. The molecule has 7 heavy (non-hydrogen) atoms. The molecule has 0 aliphatic heterocycles. The molecule has 0 saturated carbocycles. The lowest BCUT2D eigenvalue weighted by atomic mass is 10.5. The van der Waals surface area contributed by atoms with E-state index in [-0.39, 0.29) is 9.83 Å². The first-order valence-corrected chi connectivity index (χ1v) is 4.45. The van der Waals surface area contributed by atoms with Crippen molar-refractivity contribution < 1.29 is 4.79 Å². The first kappa shape index (κ1) is 7.93. The highest BCUT2D eigenvalue weighted by atomic mass is 127. The molecule has 42 valence electrons. The third kappa shape index (κ3) is 3.51. The van der Waals surface area contributed by atoms with Crippen LogP contribution in [-0.4, -0.2) is 14.3 Å². The van der Waals surface area contributed by atoms with Gasteiger partial charge in [0.05, 0.1) is 3.92 Å². The molecule has 0 radical (unpaired) electrons. The fourth-order valence-corrected chi connectivity index (χ4v) is 0.510. The molecule has 0 rings (SSSR count). The fourth-order valence-electron chi connectivity index (χ4n) is 0.0760. The minimum atomic E-state index is -0.227. The van der Waals surface area contributed by atoms with Crippen LogP contribution in [0.3, 0.4) is 0 Å². The summed E-state index contributed by atoms with van der Waals surface area (Å²) in [5.74, 6) is -0.227. The first-order valence-electron chi connectivity index (χ1n) is 1.68. The van der Waals surface area contributed by atoms with E-state index >= 15 is 0 Å². The summed E-state index contributed by atoms with van der Waals surface area (Å²) in [7, 11) is 0. The fraction of sp³-hybridized carbons (Fsp3) is 0.667. The molecule has 0 spiro atoms. The quantitative estimate of drug-likeness (QED) is 0.590. The lowest BCUT2D eigenvalue weighted by Crippen LogP contribution is -2.23. The van der Waals surface area contributed by atoms with Gasteiger partial charge in [-0.2, -0.15) is 0 Å². The lowest BCUT2D eigenvalue weighted by molar-refractivity contribution is -0.116. The Bertz CT molecular complexity index is 75.3. The van der Waals surface area contributed by atoms with Crippen molar-refractivity contribution in [1.29, 1.82) is 0 Å². The normalized spacial score (nSPS) is 13.4. The predicted octanol–water partition coefficient (Wildman–Crippen LogP) is 0.710. The third-order valence-electron chi connectivity index (χ3n) is 0.444. The van der Waals surface area contributed by atoms with Crippen LogP contribution < -0.4 is 5.73 Å². The highest BCUT2D eigenvalue weighted by Gasteiger charge is 2.05. The summed E-state index contributed by atoms with van der Waals surface area (Å²) in [4.78, 5) is 10.1. The SMILES string of the molecule is NC(=O)[C@@H](I)CI. The topological polar surface area (TPSA) is 43.1 Å². The van der Waals surface area contributed by atoms with Gasteiger partial charge in [-0.3, -0.25) is 4.79 Å². The summed E-state index contributed by atoms with van der Waals surface area (Å²) in [5.41, 5.74) is 4.90. The molecule has 0 aromatic carbocycles. The van der Waals surface area contributed by atoms with E-state index in [0.29, 0.717) is 0 Å². The molecular weight excluding hydrogens is 320 g/mol. The molecule has 1 amide bonds. The van der Waals surface area contributed by atoms with Crippen molar-refractivity contribution in [2.45, 2.75) is 3.92 Å². The number of hydrogen-bond acceptors (Lipinski definition) is 1. The standard InChI is InChI=1S/C3H5I2NO/c4-1-2(5)3(6)7/h2H,1H2,(H2,6,7)/t2-/m0/s1. The number of halogens is 2. The predicted molar refractivity (Wildman–Crippen MR) is 45.9 cm³/mol. The zero-order valence-electron chi connectivity index (χ0n) is 3.53. The van der Waals surface area contributed by atoms with Crippen LogP contribution in [0.1, 0.15) is 0 Å². The van der Waals surface area contributed by atoms with Crippen LogP contribution in [0.25, 0.3) is 0 Å². The lowest BCUT2D eigenvalue weighted by Gasteiger charge is -1.94. The van der Waals surface area contributed by atoms with Crippen LogP contribution in [0.2, 0.25) is 0 Å². The van der Waals surface area contributed by atoms with Gasteiger partial charge in [-0.05, 0) is 0 Å². The van der Waals surface area contributed by atoms with Crippen LogP contribution in [0, 0.1) is 0 Å². The molecule has 0 aliphatic rings. The van der Waals surface area contributed by atoms with E-state index in [1.807, 2.05) is 22.6 Å². The molecule has 0 aliphatic carbocycles. The second kappa shape index (κ2) is 3.88. The van der Waals surface area contributed by atoms with Gasteiger partial charge in [0.1, 0.15) is 0 Å². The van der Waals surface area contributed by atoms with Gasteiger partial charge in [-0.1, -0.05) is 45.2 Å². The summed E-state index contributed by atoms with van der Waals surface area (Å²) >= 11 is 4.13. The highest BCUT2D eigenvalue weighted by Crippen LogP contribution is 2.02. The van der Waals surface area contributed by atoms with E-state index < -0.39 is 0 Å². The molecule has 0 saturated heterocycles. The summed E-state index contributed by atoms with van der Waals surface area (Å²) in [6.45, 7) is 0. The van der Waals surface area contributed by atoms with Gasteiger partial charge in [-0.25, -0.2) is 0 Å². The molecule has 4 heteroatoms. The van der Waals surface area contributed by atoms with Crippen molar-refractivity contribution in [1.82, 2.24) is 0 Å². The minimum Gasteiger partial charge on any atom is -0.369 e. The largest absolute Gasteiger partial charge is 0.369 e. The molecule has 1 atom stereocenters. The van der Waals surface area contributed by atoms with Crippen LogP contribution >= 0.6 is 45.2 Å². The molecule has 2 nitrogen and oxygen atoms in total. The Hall–Kier alpha value is 0.930. The number of primary amides is 1. The first-order chi connectivity index (χ1) is 3.18. The van der Waals surface area contributed by atoms with Crippen LogP contribution in [0.4, 0.5) is 0 Å². The smallest absolute Gasteiger partial charge is 0.231 e. The van der Waals surface area contributed by atoms with E-state index in [2.05, 4.69) is 22.6 Å². The Morgan fingerprint density at radius 1 is 1.86 bits per heavy atom. The highest BCUT2D eigenvalue weighted by molar-refractivity contribution is 14.1.